The molecular formula is C20H26N2O3. The molecule has 2 bridgehead atoms. The number of rotatable bonds is 4. The number of piperidine rings is 2. The Morgan fingerprint density at radius 1 is 1.04 bits per heavy atom. The smallest absolute Gasteiger partial charge is 0.260 e. The fourth-order valence-corrected chi connectivity index (χ4v) is 4.41. The van der Waals surface area contributed by atoms with Crippen molar-refractivity contribution in [3.05, 3.63) is 29.8 Å². The van der Waals surface area contributed by atoms with Crippen molar-refractivity contribution >= 4 is 11.8 Å². The number of amides is 2. The minimum absolute atomic E-state index is 0.0490. The van der Waals surface area contributed by atoms with Gasteiger partial charge in [0.05, 0.1) is 0 Å². The van der Waals surface area contributed by atoms with E-state index in [-0.39, 0.29) is 18.4 Å². The van der Waals surface area contributed by atoms with Crippen LogP contribution in [-0.2, 0) is 4.79 Å². The summed E-state index contributed by atoms with van der Waals surface area (Å²) in [5, 5.41) is 0. The molecule has 3 fully saturated rings. The van der Waals surface area contributed by atoms with E-state index >= 15 is 0 Å². The van der Waals surface area contributed by atoms with Crippen molar-refractivity contribution in [2.75, 3.05) is 26.2 Å². The number of likely N-dealkylation sites (tertiary alicyclic amines) is 2. The topological polar surface area (TPSA) is 49.9 Å². The van der Waals surface area contributed by atoms with Crippen molar-refractivity contribution in [1.29, 1.82) is 0 Å². The Labute approximate surface area is 148 Å². The summed E-state index contributed by atoms with van der Waals surface area (Å²) in [7, 11) is 0. The van der Waals surface area contributed by atoms with E-state index in [1.165, 1.54) is 19.3 Å². The number of fused-ring (bicyclic) bond motifs is 2. The third-order valence-corrected chi connectivity index (χ3v) is 5.84. The van der Waals surface area contributed by atoms with Crippen molar-refractivity contribution in [2.24, 2.45) is 5.92 Å². The number of benzene rings is 1. The molecule has 134 valence electrons. The van der Waals surface area contributed by atoms with Crippen molar-refractivity contribution in [3.8, 4) is 5.75 Å². The van der Waals surface area contributed by atoms with Gasteiger partial charge in [-0.2, -0.15) is 0 Å². The molecule has 0 N–H and O–H groups in total. The van der Waals surface area contributed by atoms with Gasteiger partial charge in [0.2, 0.25) is 0 Å². The highest BCUT2D eigenvalue weighted by atomic mass is 16.5. The van der Waals surface area contributed by atoms with Gasteiger partial charge in [-0.1, -0.05) is 0 Å². The summed E-state index contributed by atoms with van der Waals surface area (Å²) >= 11 is 0. The van der Waals surface area contributed by atoms with Gasteiger partial charge in [0.1, 0.15) is 5.75 Å². The molecule has 2 aliphatic heterocycles. The third kappa shape index (κ3) is 3.51. The van der Waals surface area contributed by atoms with E-state index in [1.807, 2.05) is 21.9 Å². The zero-order chi connectivity index (χ0) is 17.2. The second-order valence-corrected chi connectivity index (χ2v) is 7.54. The lowest BCUT2D eigenvalue weighted by molar-refractivity contribution is -0.134. The molecule has 2 amide bonds. The van der Waals surface area contributed by atoms with E-state index in [0.717, 1.165) is 38.9 Å². The first-order valence-electron chi connectivity index (χ1n) is 9.52. The Bertz CT molecular complexity index is 637. The van der Waals surface area contributed by atoms with E-state index in [1.54, 1.807) is 12.1 Å². The molecular weight excluding hydrogens is 316 g/mol. The molecule has 4 rings (SSSR count). The third-order valence-electron chi connectivity index (χ3n) is 5.84. The molecule has 3 aliphatic rings. The van der Waals surface area contributed by atoms with Gasteiger partial charge in [-0.05, 0) is 68.7 Å². The van der Waals surface area contributed by atoms with E-state index in [4.69, 9.17) is 4.74 Å². The van der Waals surface area contributed by atoms with Crippen LogP contribution in [0.5, 0.6) is 5.75 Å². The summed E-state index contributed by atoms with van der Waals surface area (Å²) in [5.74, 6) is 1.53. The maximum Gasteiger partial charge on any atom is 0.260 e. The van der Waals surface area contributed by atoms with Crippen LogP contribution < -0.4 is 4.74 Å². The van der Waals surface area contributed by atoms with Crippen LogP contribution in [0.2, 0.25) is 0 Å². The molecule has 5 nitrogen and oxygen atoms in total. The molecule has 2 atom stereocenters. The second-order valence-electron chi connectivity index (χ2n) is 7.54. The zero-order valence-corrected chi connectivity index (χ0v) is 14.7. The van der Waals surface area contributed by atoms with E-state index in [0.29, 0.717) is 23.3 Å². The number of carbonyl (C=O) groups is 2. The fraction of sp³-hybridized carbons (Fsp3) is 0.600. The molecule has 2 heterocycles. The predicted molar refractivity (Wildman–Crippen MR) is 94.5 cm³/mol. The molecule has 0 aromatic heterocycles. The van der Waals surface area contributed by atoms with Crippen molar-refractivity contribution < 1.29 is 14.3 Å². The molecule has 1 aromatic carbocycles. The van der Waals surface area contributed by atoms with Crippen LogP contribution >= 0.6 is 0 Å². The molecule has 0 spiro atoms. The normalized spacial score (nSPS) is 25.3. The number of ether oxygens (including phenoxy) is 1. The van der Waals surface area contributed by atoms with Crippen LogP contribution in [0.15, 0.2) is 24.3 Å². The van der Waals surface area contributed by atoms with Gasteiger partial charge < -0.3 is 14.5 Å². The maximum absolute atomic E-state index is 12.6. The summed E-state index contributed by atoms with van der Waals surface area (Å²) in [4.78, 5) is 28.7. The number of hydrogen-bond donors (Lipinski definition) is 0. The first-order chi connectivity index (χ1) is 12.2. The first kappa shape index (κ1) is 16.4. The van der Waals surface area contributed by atoms with Gasteiger partial charge in [-0.15, -0.1) is 0 Å². The van der Waals surface area contributed by atoms with Crippen molar-refractivity contribution in [2.45, 2.75) is 44.6 Å². The maximum atomic E-state index is 12.6. The largest absolute Gasteiger partial charge is 0.484 e. The summed E-state index contributed by atoms with van der Waals surface area (Å²) < 4.78 is 5.61. The molecule has 1 saturated carbocycles. The molecule has 25 heavy (non-hydrogen) atoms. The van der Waals surface area contributed by atoms with Crippen LogP contribution in [0, 0.1) is 5.92 Å². The lowest BCUT2D eigenvalue weighted by Gasteiger charge is -2.27. The molecule has 2 saturated heterocycles. The van der Waals surface area contributed by atoms with E-state index in [2.05, 4.69) is 0 Å². The number of hydrogen-bond acceptors (Lipinski definition) is 3. The van der Waals surface area contributed by atoms with Gasteiger partial charge in [0.15, 0.2) is 6.61 Å². The van der Waals surface area contributed by atoms with Crippen LogP contribution in [0.4, 0.5) is 0 Å². The van der Waals surface area contributed by atoms with Gasteiger partial charge in [0, 0.05) is 31.2 Å². The monoisotopic (exact) mass is 342 g/mol. The number of nitrogens with zero attached hydrogens (tertiary/aromatic N) is 2. The fourth-order valence-electron chi connectivity index (χ4n) is 4.41. The molecule has 5 heteroatoms. The minimum atomic E-state index is 0.0490. The Morgan fingerprint density at radius 2 is 1.80 bits per heavy atom. The van der Waals surface area contributed by atoms with Crippen molar-refractivity contribution in [3.63, 3.8) is 0 Å². The standard InChI is InChI=1S/C20H26N2O3/c23-19(21-10-2-1-3-11-21)14-25-18-8-5-16(6-9-18)20(24)22-13-15-4-7-17(22)12-15/h5-6,8-9,15,17H,1-4,7,10-14H2/t15-,17+/m1/s1. The summed E-state index contributed by atoms with van der Waals surface area (Å²) in [5.41, 5.74) is 0.710. The quantitative estimate of drug-likeness (QED) is 0.845. The average molecular weight is 342 g/mol. The van der Waals surface area contributed by atoms with Crippen molar-refractivity contribution in [1.82, 2.24) is 9.80 Å². The molecule has 1 aliphatic carbocycles. The lowest BCUT2D eigenvalue weighted by atomic mass is 10.1. The molecule has 0 radical (unpaired) electrons. The first-order valence-corrected chi connectivity index (χ1v) is 9.52. The van der Waals surface area contributed by atoms with Gasteiger partial charge in [0.25, 0.3) is 11.8 Å². The van der Waals surface area contributed by atoms with Gasteiger partial charge >= 0.3 is 0 Å². The van der Waals surface area contributed by atoms with Crippen LogP contribution in [0.25, 0.3) is 0 Å². The highest BCUT2D eigenvalue weighted by molar-refractivity contribution is 5.94. The highest BCUT2D eigenvalue weighted by Crippen LogP contribution is 2.38. The minimum Gasteiger partial charge on any atom is -0.484 e. The molecule has 0 unspecified atom stereocenters. The lowest BCUT2D eigenvalue weighted by Crippen LogP contribution is -2.38. The Balaban J connectivity index is 1.31. The van der Waals surface area contributed by atoms with E-state index in [9.17, 15) is 9.59 Å². The second kappa shape index (κ2) is 7.06. The summed E-state index contributed by atoms with van der Waals surface area (Å²) in [6.07, 6.45) is 6.97. The van der Waals surface area contributed by atoms with Crippen LogP contribution in [0.3, 0.4) is 0 Å². The number of carbonyl (C=O) groups excluding carboxylic acids is 2. The Morgan fingerprint density at radius 3 is 2.44 bits per heavy atom. The summed E-state index contributed by atoms with van der Waals surface area (Å²) in [6.45, 7) is 2.66. The SMILES string of the molecule is O=C(COc1ccc(C(=O)N2C[C@@H]3CC[C@H]2C3)cc1)N1CCCCC1. The van der Waals surface area contributed by atoms with E-state index < -0.39 is 0 Å². The Hall–Kier alpha value is -2.04. The molecule has 1 aromatic rings. The highest BCUT2D eigenvalue weighted by Gasteiger charge is 2.40. The average Bonchev–Trinajstić information content (AvgIpc) is 3.30. The van der Waals surface area contributed by atoms with Gasteiger partial charge in [-0.3, -0.25) is 9.59 Å². The predicted octanol–water partition coefficient (Wildman–Crippen LogP) is 2.70. The Kier molecular flexibility index (Phi) is 4.64. The van der Waals surface area contributed by atoms with Crippen LogP contribution in [0.1, 0.15) is 48.9 Å². The summed E-state index contributed by atoms with van der Waals surface area (Å²) in [6, 6.07) is 7.66. The van der Waals surface area contributed by atoms with Crippen LogP contribution in [-0.4, -0.2) is 53.9 Å². The zero-order valence-electron chi connectivity index (χ0n) is 14.7. The van der Waals surface area contributed by atoms with Gasteiger partial charge in [-0.25, -0.2) is 0 Å².